The van der Waals surface area contributed by atoms with Crippen molar-refractivity contribution in [3.63, 3.8) is 0 Å². The van der Waals surface area contributed by atoms with Crippen molar-refractivity contribution in [3.8, 4) is 0 Å². The van der Waals surface area contributed by atoms with Gasteiger partial charge in [-0.15, -0.1) is 0 Å². The van der Waals surface area contributed by atoms with Gasteiger partial charge in [0.25, 0.3) is 0 Å². The van der Waals surface area contributed by atoms with Crippen molar-refractivity contribution in [1.82, 2.24) is 16.0 Å². The molecule has 0 aromatic heterocycles. The number of hydrogen-bond donors (Lipinski definition) is 7. The number of benzene rings is 1. The molecular formula is C20H30N4O6S. The van der Waals surface area contributed by atoms with E-state index in [-0.39, 0.29) is 18.1 Å². The van der Waals surface area contributed by atoms with Crippen LogP contribution in [0.3, 0.4) is 0 Å². The van der Waals surface area contributed by atoms with Crippen molar-refractivity contribution in [1.29, 1.82) is 0 Å². The molecule has 0 fully saturated rings. The van der Waals surface area contributed by atoms with E-state index in [1.54, 1.807) is 44.2 Å². The molecule has 4 atom stereocenters. The first-order chi connectivity index (χ1) is 14.6. The van der Waals surface area contributed by atoms with Crippen molar-refractivity contribution in [2.24, 2.45) is 11.7 Å². The first-order valence-electron chi connectivity index (χ1n) is 9.75. The number of hydrogen-bond acceptors (Lipinski definition) is 7. The van der Waals surface area contributed by atoms with Gasteiger partial charge >= 0.3 is 5.97 Å². The summed E-state index contributed by atoms with van der Waals surface area (Å²) in [6.07, 6.45) is 0.0531. The molecule has 3 amide bonds. The number of nitrogens with one attached hydrogen (secondary N) is 3. The van der Waals surface area contributed by atoms with Crippen molar-refractivity contribution in [2.75, 3.05) is 12.4 Å². The minimum absolute atomic E-state index is 0.0531. The largest absolute Gasteiger partial charge is 0.480 e. The number of aliphatic hydroxyl groups is 1. The Bertz CT molecular complexity index is 761. The van der Waals surface area contributed by atoms with Gasteiger partial charge in [-0.25, -0.2) is 4.79 Å². The number of thiol groups is 1. The third-order valence-corrected chi connectivity index (χ3v) is 4.91. The summed E-state index contributed by atoms with van der Waals surface area (Å²) in [5.41, 5.74) is 6.44. The lowest BCUT2D eigenvalue weighted by atomic mass is 10.0. The van der Waals surface area contributed by atoms with E-state index < -0.39 is 54.5 Å². The number of nitrogens with two attached hydrogens (primary N) is 1. The fourth-order valence-corrected chi connectivity index (χ4v) is 2.81. The maximum atomic E-state index is 12.5. The minimum Gasteiger partial charge on any atom is -0.480 e. The molecule has 0 aliphatic rings. The van der Waals surface area contributed by atoms with E-state index in [2.05, 4.69) is 28.6 Å². The van der Waals surface area contributed by atoms with E-state index in [9.17, 15) is 29.4 Å². The Morgan fingerprint density at radius 1 is 0.935 bits per heavy atom. The molecule has 0 radical (unpaired) electrons. The molecule has 0 saturated carbocycles. The van der Waals surface area contributed by atoms with Gasteiger partial charge in [0, 0.05) is 12.2 Å². The van der Waals surface area contributed by atoms with Crippen molar-refractivity contribution in [2.45, 2.75) is 44.4 Å². The number of carbonyl (C=O) groups is 4. The molecule has 1 aromatic carbocycles. The zero-order valence-electron chi connectivity index (χ0n) is 17.4. The van der Waals surface area contributed by atoms with Gasteiger partial charge in [-0.3, -0.25) is 14.4 Å². The Hall–Kier alpha value is -2.63. The zero-order chi connectivity index (χ0) is 23.6. The predicted molar refractivity (Wildman–Crippen MR) is 117 cm³/mol. The van der Waals surface area contributed by atoms with E-state index >= 15 is 0 Å². The molecule has 0 aliphatic heterocycles. The van der Waals surface area contributed by atoms with Gasteiger partial charge in [-0.05, 0) is 11.5 Å². The summed E-state index contributed by atoms with van der Waals surface area (Å²) in [6, 6.07) is 4.15. The first-order valence-corrected chi connectivity index (χ1v) is 10.4. The minimum atomic E-state index is -1.33. The Morgan fingerprint density at radius 3 is 1.94 bits per heavy atom. The molecule has 172 valence electrons. The molecule has 1 aromatic rings. The monoisotopic (exact) mass is 454 g/mol. The second-order valence-corrected chi connectivity index (χ2v) is 7.71. The lowest BCUT2D eigenvalue weighted by molar-refractivity contribution is -0.142. The van der Waals surface area contributed by atoms with Gasteiger partial charge < -0.3 is 31.9 Å². The number of rotatable bonds is 12. The summed E-state index contributed by atoms with van der Waals surface area (Å²) in [5, 5.41) is 26.0. The van der Waals surface area contributed by atoms with Crippen LogP contribution in [-0.2, 0) is 25.6 Å². The Labute approximate surface area is 186 Å². The lowest BCUT2D eigenvalue weighted by Crippen LogP contribution is -2.59. The molecule has 0 bridgehead atoms. The molecule has 31 heavy (non-hydrogen) atoms. The van der Waals surface area contributed by atoms with Gasteiger partial charge in [0.05, 0.1) is 12.6 Å². The topological polar surface area (TPSA) is 171 Å². The third kappa shape index (κ3) is 8.56. The molecule has 10 nitrogen and oxygen atoms in total. The Balaban J connectivity index is 2.77. The van der Waals surface area contributed by atoms with Gasteiger partial charge in [0.2, 0.25) is 17.7 Å². The van der Waals surface area contributed by atoms with Crippen molar-refractivity contribution < 1.29 is 29.4 Å². The van der Waals surface area contributed by atoms with Crippen LogP contribution >= 0.6 is 12.6 Å². The second kappa shape index (κ2) is 12.9. The molecule has 0 spiro atoms. The molecule has 0 saturated heterocycles. The first kappa shape index (κ1) is 26.4. The van der Waals surface area contributed by atoms with Crippen molar-refractivity contribution in [3.05, 3.63) is 35.9 Å². The zero-order valence-corrected chi connectivity index (χ0v) is 18.3. The van der Waals surface area contributed by atoms with Gasteiger partial charge in [-0.2, -0.15) is 12.6 Å². The fraction of sp³-hybridized carbons (Fsp3) is 0.500. The van der Waals surface area contributed by atoms with Crippen LogP contribution in [0.4, 0.5) is 0 Å². The predicted octanol–water partition coefficient (Wildman–Crippen LogP) is -1.33. The quantitative estimate of drug-likeness (QED) is 0.192. The van der Waals surface area contributed by atoms with Crippen LogP contribution in [-0.4, -0.2) is 70.4 Å². The molecule has 4 unspecified atom stereocenters. The highest BCUT2D eigenvalue weighted by atomic mass is 32.1. The number of aliphatic carboxylic acids is 1. The maximum absolute atomic E-state index is 12.5. The van der Waals surface area contributed by atoms with E-state index in [1.165, 1.54) is 0 Å². The molecule has 11 heteroatoms. The number of carbonyl (C=O) groups excluding carboxylic acids is 3. The second-order valence-electron chi connectivity index (χ2n) is 7.35. The SMILES string of the molecule is CC(C)C(N)C(=O)NC(CO)C(=O)NC(CS)C(=O)NC(Cc1ccccc1)C(=O)O. The third-order valence-electron chi connectivity index (χ3n) is 4.55. The number of carboxylic acids is 1. The standard InChI is InChI=1S/C20H30N4O6S/c1-11(2)16(21)19(28)23-14(9-25)17(26)24-15(10-31)18(27)22-13(20(29)30)8-12-6-4-3-5-7-12/h3-7,11,13-16,25,31H,8-10,21H2,1-2H3,(H,22,27)(H,23,28)(H,24,26)(H,29,30). The van der Waals surface area contributed by atoms with Crippen LogP contribution in [0.15, 0.2) is 30.3 Å². The Morgan fingerprint density at radius 2 is 1.45 bits per heavy atom. The highest BCUT2D eigenvalue weighted by molar-refractivity contribution is 7.80. The summed E-state index contributed by atoms with van der Waals surface area (Å²) in [4.78, 5) is 48.6. The average Bonchev–Trinajstić information content (AvgIpc) is 2.74. The smallest absolute Gasteiger partial charge is 0.326 e. The highest BCUT2D eigenvalue weighted by Gasteiger charge is 2.30. The van der Waals surface area contributed by atoms with Crippen LogP contribution in [0.1, 0.15) is 19.4 Å². The molecule has 1 rings (SSSR count). The van der Waals surface area contributed by atoms with Crippen LogP contribution in [0.2, 0.25) is 0 Å². The van der Waals surface area contributed by atoms with E-state index in [0.717, 1.165) is 0 Å². The van der Waals surface area contributed by atoms with Gasteiger partial charge in [0.1, 0.15) is 18.1 Å². The Kier molecular flexibility index (Phi) is 11.0. The normalized spacial score (nSPS) is 14.8. The summed E-state index contributed by atoms with van der Waals surface area (Å²) in [5.74, 6) is -3.75. The summed E-state index contributed by atoms with van der Waals surface area (Å²) >= 11 is 4.04. The number of aliphatic hydroxyl groups excluding tert-OH is 1. The van der Waals surface area contributed by atoms with E-state index in [4.69, 9.17) is 5.73 Å². The van der Waals surface area contributed by atoms with Gasteiger partial charge in [-0.1, -0.05) is 44.2 Å². The summed E-state index contributed by atoms with van der Waals surface area (Å²) in [7, 11) is 0. The molecule has 0 aliphatic carbocycles. The lowest BCUT2D eigenvalue weighted by Gasteiger charge is -2.24. The molecular weight excluding hydrogens is 424 g/mol. The van der Waals surface area contributed by atoms with Crippen LogP contribution in [0.25, 0.3) is 0 Å². The van der Waals surface area contributed by atoms with E-state index in [1.807, 2.05) is 0 Å². The molecule has 7 N–H and O–H groups in total. The summed E-state index contributed by atoms with van der Waals surface area (Å²) in [6.45, 7) is 2.75. The number of amides is 3. The average molecular weight is 455 g/mol. The maximum Gasteiger partial charge on any atom is 0.326 e. The van der Waals surface area contributed by atoms with Crippen molar-refractivity contribution >= 4 is 36.3 Å². The van der Waals surface area contributed by atoms with Crippen LogP contribution in [0, 0.1) is 5.92 Å². The molecule has 0 heterocycles. The number of carboxylic acid groups (broad SMARTS) is 1. The summed E-state index contributed by atoms with van der Waals surface area (Å²) < 4.78 is 0. The van der Waals surface area contributed by atoms with Gasteiger partial charge in [0.15, 0.2) is 0 Å². The fourth-order valence-electron chi connectivity index (χ4n) is 2.55. The van der Waals surface area contributed by atoms with E-state index in [0.29, 0.717) is 5.56 Å². The van der Waals surface area contributed by atoms with Crippen LogP contribution in [0.5, 0.6) is 0 Å². The highest BCUT2D eigenvalue weighted by Crippen LogP contribution is 2.05. The van der Waals surface area contributed by atoms with Crippen LogP contribution < -0.4 is 21.7 Å².